The summed E-state index contributed by atoms with van der Waals surface area (Å²) in [5.74, 6) is 0.683. The van der Waals surface area contributed by atoms with E-state index in [9.17, 15) is 4.79 Å². The van der Waals surface area contributed by atoms with E-state index in [1.54, 1.807) is 0 Å². The Balaban J connectivity index is 2.17. The van der Waals surface area contributed by atoms with Crippen LogP contribution in [0.1, 0.15) is 12.0 Å². The van der Waals surface area contributed by atoms with Crippen molar-refractivity contribution in [2.75, 3.05) is 33.9 Å². The molecule has 1 rings (SSSR count). The minimum Gasteiger partial charge on any atom is -0.494 e. The summed E-state index contributed by atoms with van der Waals surface area (Å²) >= 11 is 0. The van der Waals surface area contributed by atoms with E-state index in [0.717, 1.165) is 18.7 Å². The molecule has 18 heavy (non-hydrogen) atoms. The molecule has 4 nitrogen and oxygen atoms in total. The lowest BCUT2D eigenvalue weighted by Gasteiger charge is -2.15. The van der Waals surface area contributed by atoms with Crippen LogP contribution in [0, 0.1) is 6.92 Å². The lowest BCUT2D eigenvalue weighted by molar-refractivity contribution is -0.141. The molecule has 0 bridgehead atoms. The van der Waals surface area contributed by atoms with Gasteiger partial charge in [-0.3, -0.25) is 9.69 Å². The Bertz CT molecular complexity index is 379. The van der Waals surface area contributed by atoms with Gasteiger partial charge in [-0.15, -0.1) is 0 Å². The molecule has 0 amide bonds. The molecule has 0 saturated heterocycles. The summed E-state index contributed by atoms with van der Waals surface area (Å²) < 4.78 is 10.2. The number of hydrogen-bond acceptors (Lipinski definition) is 4. The topological polar surface area (TPSA) is 38.8 Å². The first-order valence-corrected chi connectivity index (χ1v) is 6.06. The average Bonchev–Trinajstić information content (AvgIpc) is 2.34. The molecule has 1 aromatic carbocycles. The molecule has 0 atom stereocenters. The molecular formula is C14H21NO3. The van der Waals surface area contributed by atoms with E-state index in [-0.39, 0.29) is 5.97 Å². The molecule has 0 saturated carbocycles. The summed E-state index contributed by atoms with van der Waals surface area (Å²) in [5, 5.41) is 0. The molecule has 0 unspecified atom stereocenters. The van der Waals surface area contributed by atoms with Crippen LogP contribution in [-0.2, 0) is 9.53 Å². The van der Waals surface area contributed by atoms with Crippen LogP contribution in [0.3, 0.4) is 0 Å². The maximum Gasteiger partial charge on any atom is 0.319 e. The molecule has 0 spiro atoms. The van der Waals surface area contributed by atoms with Gasteiger partial charge in [0.05, 0.1) is 20.3 Å². The number of ether oxygens (including phenoxy) is 2. The Kier molecular flexibility index (Phi) is 6.22. The van der Waals surface area contributed by atoms with E-state index >= 15 is 0 Å². The van der Waals surface area contributed by atoms with Crippen molar-refractivity contribution in [2.45, 2.75) is 13.3 Å². The summed E-state index contributed by atoms with van der Waals surface area (Å²) in [6, 6.07) is 7.98. The van der Waals surface area contributed by atoms with Gasteiger partial charge in [-0.1, -0.05) is 12.1 Å². The van der Waals surface area contributed by atoms with Gasteiger partial charge in [-0.2, -0.15) is 0 Å². The Morgan fingerprint density at radius 3 is 2.83 bits per heavy atom. The molecule has 0 heterocycles. The zero-order valence-corrected chi connectivity index (χ0v) is 11.3. The second-order valence-electron chi connectivity index (χ2n) is 4.33. The maximum atomic E-state index is 11.0. The van der Waals surface area contributed by atoms with Crippen LogP contribution in [0.2, 0.25) is 0 Å². The molecule has 0 N–H and O–H groups in total. The predicted octanol–water partition coefficient (Wildman–Crippen LogP) is 1.87. The van der Waals surface area contributed by atoms with E-state index in [2.05, 4.69) is 4.74 Å². The number of carbonyl (C=O) groups excluding carboxylic acids is 1. The highest BCUT2D eigenvalue weighted by molar-refractivity contribution is 5.71. The lowest BCUT2D eigenvalue weighted by atomic mass is 10.2. The SMILES string of the molecule is COC(=O)CN(C)CCCOc1cccc(C)c1. The number of rotatable bonds is 7. The maximum absolute atomic E-state index is 11.0. The number of hydrogen-bond donors (Lipinski definition) is 0. The highest BCUT2D eigenvalue weighted by Gasteiger charge is 2.05. The molecule has 0 aliphatic carbocycles. The highest BCUT2D eigenvalue weighted by Crippen LogP contribution is 2.12. The minimum absolute atomic E-state index is 0.211. The van der Waals surface area contributed by atoms with Crippen LogP contribution in [0.25, 0.3) is 0 Å². The summed E-state index contributed by atoms with van der Waals surface area (Å²) in [7, 11) is 3.29. The van der Waals surface area contributed by atoms with Crippen molar-refractivity contribution in [3.63, 3.8) is 0 Å². The summed E-state index contributed by atoms with van der Waals surface area (Å²) in [4.78, 5) is 12.9. The van der Waals surface area contributed by atoms with Crippen molar-refractivity contribution in [1.82, 2.24) is 4.90 Å². The fourth-order valence-electron chi connectivity index (χ4n) is 1.59. The van der Waals surface area contributed by atoms with Crippen LogP contribution in [0.15, 0.2) is 24.3 Å². The number of carbonyl (C=O) groups is 1. The van der Waals surface area contributed by atoms with E-state index in [1.807, 2.05) is 43.1 Å². The van der Waals surface area contributed by atoms with Gasteiger partial charge < -0.3 is 9.47 Å². The second-order valence-corrected chi connectivity index (χ2v) is 4.33. The lowest BCUT2D eigenvalue weighted by Crippen LogP contribution is -2.28. The summed E-state index contributed by atoms with van der Waals surface area (Å²) in [6.07, 6.45) is 0.876. The van der Waals surface area contributed by atoms with Gasteiger partial charge in [0.2, 0.25) is 0 Å². The Morgan fingerprint density at radius 1 is 1.39 bits per heavy atom. The molecule has 100 valence electrons. The van der Waals surface area contributed by atoms with Crippen molar-refractivity contribution in [3.05, 3.63) is 29.8 Å². The van der Waals surface area contributed by atoms with Crippen molar-refractivity contribution in [1.29, 1.82) is 0 Å². The number of methoxy groups -OCH3 is 1. The Labute approximate surface area is 108 Å². The van der Waals surface area contributed by atoms with E-state index < -0.39 is 0 Å². The molecule has 0 aromatic heterocycles. The van der Waals surface area contributed by atoms with Crippen molar-refractivity contribution < 1.29 is 14.3 Å². The van der Waals surface area contributed by atoms with Gasteiger partial charge in [0.15, 0.2) is 0 Å². The highest BCUT2D eigenvalue weighted by atomic mass is 16.5. The van der Waals surface area contributed by atoms with Gasteiger partial charge in [0, 0.05) is 6.54 Å². The first-order chi connectivity index (χ1) is 8.61. The molecule has 0 aliphatic rings. The standard InChI is InChI=1S/C14H21NO3/c1-12-6-4-7-13(10-12)18-9-5-8-15(2)11-14(16)17-3/h4,6-7,10H,5,8-9,11H2,1-3H3. The van der Waals surface area contributed by atoms with E-state index in [1.165, 1.54) is 12.7 Å². The fraction of sp³-hybridized carbons (Fsp3) is 0.500. The number of aryl methyl sites for hydroxylation is 1. The van der Waals surface area contributed by atoms with Crippen molar-refractivity contribution in [2.24, 2.45) is 0 Å². The normalized spacial score (nSPS) is 10.4. The fourth-order valence-corrected chi connectivity index (χ4v) is 1.59. The monoisotopic (exact) mass is 251 g/mol. The summed E-state index contributed by atoms with van der Waals surface area (Å²) in [5.41, 5.74) is 1.19. The zero-order valence-electron chi connectivity index (χ0n) is 11.3. The third kappa shape index (κ3) is 5.68. The van der Waals surface area contributed by atoms with Crippen LogP contribution >= 0.6 is 0 Å². The van der Waals surface area contributed by atoms with E-state index in [4.69, 9.17) is 4.74 Å². The Morgan fingerprint density at radius 2 is 2.17 bits per heavy atom. The molecule has 1 aromatic rings. The number of benzene rings is 1. The molecular weight excluding hydrogens is 230 g/mol. The molecule has 0 fully saturated rings. The Hall–Kier alpha value is -1.55. The van der Waals surface area contributed by atoms with Gasteiger partial charge in [-0.05, 0) is 38.1 Å². The van der Waals surface area contributed by atoms with Gasteiger partial charge in [0.25, 0.3) is 0 Å². The van der Waals surface area contributed by atoms with Crippen LogP contribution in [-0.4, -0.2) is 44.7 Å². The largest absolute Gasteiger partial charge is 0.494 e. The van der Waals surface area contributed by atoms with Crippen molar-refractivity contribution >= 4 is 5.97 Å². The number of likely N-dealkylation sites (N-methyl/N-ethyl adjacent to an activating group) is 1. The van der Waals surface area contributed by atoms with Crippen LogP contribution in [0.5, 0.6) is 5.75 Å². The number of nitrogens with zero attached hydrogens (tertiary/aromatic N) is 1. The van der Waals surface area contributed by atoms with Gasteiger partial charge in [0.1, 0.15) is 5.75 Å². The number of esters is 1. The first kappa shape index (κ1) is 14.5. The first-order valence-electron chi connectivity index (χ1n) is 6.06. The van der Waals surface area contributed by atoms with Gasteiger partial charge >= 0.3 is 5.97 Å². The van der Waals surface area contributed by atoms with Gasteiger partial charge in [-0.25, -0.2) is 0 Å². The quantitative estimate of drug-likeness (QED) is 0.548. The second kappa shape index (κ2) is 7.71. The average molecular weight is 251 g/mol. The molecule has 0 radical (unpaired) electrons. The van der Waals surface area contributed by atoms with Crippen LogP contribution in [0.4, 0.5) is 0 Å². The summed E-state index contributed by atoms with van der Waals surface area (Å²) in [6.45, 7) is 3.81. The smallest absolute Gasteiger partial charge is 0.319 e. The van der Waals surface area contributed by atoms with E-state index in [0.29, 0.717) is 13.2 Å². The van der Waals surface area contributed by atoms with Crippen LogP contribution < -0.4 is 4.74 Å². The van der Waals surface area contributed by atoms with Crippen molar-refractivity contribution in [3.8, 4) is 5.75 Å². The molecule has 4 heteroatoms. The molecule has 0 aliphatic heterocycles. The third-order valence-corrected chi connectivity index (χ3v) is 2.57. The predicted molar refractivity (Wildman–Crippen MR) is 70.8 cm³/mol. The zero-order chi connectivity index (χ0) is 13.4. The third-order valence-electron chi connectivity index (χ3n) is 2.57. The minimum atomic E-state index is -0.211.